The molecule has 2 nitrogen and oxygen atoms in total. The first kappa shape index (κ1) is 26.8. The molecule has 0 aromatic rings. The molecule has 0 bridgehead atoms. The first-order valence-electron chi connectivity index (χ1n) is 14.9. The summed E-state index contributed by atoms with van der Waals surface area (Å²) in [6.07, 6.45) is 15.1. The lowest BCUT2D eigenvalue weighted by Gasteiger charge is -2.73. The van der Waals surface area contributed by atoms with Gasteiger partial charge in [0.1, 0.15) is 6.10 Å². The fraction of sp³-hybridized carbons (Fsp3) is 0.848. The van der Waals surface area contributed by atoms with Crippen LogP contribution in [0.5, 0.6) is 0 Å². The summed E-state index contributed by atoms with van der Waals surface area (Å²) >= 11 is 6.30. The fourth-order valence-electron chi connectivity index (χ4n) is 12.0. The topological polar surface area (TPSA) is 26.3 Å². The van der Waals surface area contributed by atoms with Crippen LogP contribution in [0.2, 0.25) is 0 Å². The number of esters is 1. The van der Waals surface area contributed by atoms with Crippen LogP contribution in [0, 0.1) is 56.7 Å². The van der Waals surface area contributed by atoms with E-state index in [1.165, 1.54) is 63.4 Å². The molecule has 5 aliphatic carbocycles. The second-order valence-electron chi connectivity index (χ2n) is 15.2. The third kappa shape index (κ3) is 3.44. The summed E-state index contributed by atoms with van der Waals surface area (Å²) in [5.74, 6) is 3.29. The van der Waals surface area contributed by atoms with Crippen LogP contribution >= 0.6 is 11.6 Å². The van der Waals surface area contributed by atoms with Gasteiger partial charge in [0.2, 0.25) is 0 Å². The van der Waals surface area contributed by atoms with Gasteiger partial charge in [-0.3, -0.25) is 4.79 Å². The molecule has 0 aromatic carbocycles. The quantitative estimate of drug-likeness (QED) is 0.277. The highest BCUT2D eigenvalue weighted by atomic mass is 35.5. The van der Waals surface area contributed by atoms with E-state index in [0.29, 0.717) is 34.0 Å². The monoisotopic (exact) mass is 514 g/mol. The van der Waals surface area contributed by atoms with Crippen LogP contribution in [0.4, 0.5) is 0 Å². The molecule has 4 unspecified atom stereocenters. The molecule has 0 saturated heterocycles. The van der Waals surface area contributed by atoms with Crippen molar-refractivity contribution in [2.75, 3.05) is 0 Å². The summed E-state index contributed by atoms with van der Waals surface area (Å²) in [6.45, 7) is 21.2. The molecule has 5 saturated carbocycles. The Morgan fingerprint density at radius 1 is 0.861 bits per heavy atom. The average molecular weight is 515 g/mol. The number of halogens is 1. The second-order valence-corrected chi connectivity index (χ2v) is 15.4. The highest BCUT2D eigenvalue weighted by Crippen LogP contribution is 2.77. The van der Waals surface area contributed by atoms with Gasteiger partial charge in [-0.2, -0.15) is 0 Å². The van der Waals surface area contributed by atoms with E-state index in [1.807, 2.05) is 5.54 Å². The third-order valence-electron chi connectivity index (χ3n) is 13.8. The molecule has 3 heteroatoms. The lowest BCUT2D eigenvalue weighted by atomic mass is 9.32. The zero-order valence-corrected chi connectivity index (χ0v) is 24.8. The van der Waals surface area contributed by atoms with Gasteiger partial charge in [0.05, 0.1) is 0 Å². The first-order chi connectivity index (χ1) is 16.8. The first-order valence-corrected chi connectivity index (χ1v) is 15.3. The maximum Gasteiger partial charge on any atom is 0.302 e. The molecule has 202 valence electrons. The van der Waals surface area contributed by atoms with Gasteiger partial charge in [0.25, 0.3) is 0 Å². The van der Waals surface area contributed by atoms with Crippen LogP contribution in [-0.2, 0) is 9.53 Å². The van der Waals surface area contributed by atoms with Gasteiger partial charge in [-0.1, -0.05) is 64.4 Å². The Balaban J connectivity index is 1.52. The van der Waals surface area contributed by atoms with E-state index in [-0.39, 0.29) is 22.9 Å². The SMILES string of the molecule is C=C(C)[C@@H]1CC[C@]2(C=CCl)CC[C@]3(C)C(CCC4[C@@]5(C)CC[C@H](OC(C)=O)C(C)(C)C5CC[C@]43C)C12. The number of fused-ring (bicyclic) bond motifs is 7. The van der Waals surface area contributed by atoms with Crippen molar-refractivity contribution in [3.8, 4) is 0 Å². The molecule has 0 radical (unpaired) electrons. The van der Waals surface area contributed by atoms with E-state index >= 15 is 0 Å². The Kier molecular flexibility index (Phi) is 6.43. The lowest BCUT2D eigenvalue weighted by Crippen LogP contribution is -2.66. The van der Waals surface area contributed by atoms with Crippen molar-refractivity contribution in [3.63, 3.8) is 0 Å². The minimum absolute atomic E-state index is 0.0289. The van der Waals surface area contributed by atoms with Crippen molar-refractivity contribution in [2.45, 2.75) is 119 Å². The third-order valence-corrected chi connectivity index (χ3v) is 13.9. The van der Waals surface area contributed by atoms with Crippen LogP contribution in [-0.4, -0.2) is 12.1 Å². The summed E-state index contributed by atoms with van der Waals surface area (Å²) in [5, 5.41) is 0. The number of allylic oxidation sites excluding steroid dienone is 2. The standard InChI is InChI=1S/C33H51ClO2/c1-21(2)23-11-16-33(19-20-34)18-17-31(7)24(28(23)33)9-10-26-30(6)14-13-27(36-22(3)35)29(4,5)25(30)12-15-32(26,31)8/h19-20,23-28H,1,9-18H2,2-8H3/t23-,24?,25?,26?,27-,28?,30-,31+,32+,33+/m0/s1. The molecule has 0 aliphatic heterocycles. The van der Waals surface area contributed by atoms with E-state index < -0.39 is 0 Å². The number of hydrogen-bond donors (Lipinski definition) is 0. The molecule has 10 atom stereocenters. The highest BCUT2D eigenvalue weighted by molar-refractivity contribution is 6.25. The zero-order valence-electron chi connectivity index (χ0n) is 24.1. The van der Waals surface area contributed by atoms with Gasteiger partial charge in [-0.15, -0.1) is 0 Å². The predicted octanol–water partition coefficient (Wildman–Crippen LogP) is 9.33. The van der Waals surface area contributed by atoms with Gasteiger partial charge in [0.15, 0.2) is 0 Å². The maximum atomic E-state index is 11.9. The summed E-state index contributed by atoms with van der Waals surface area (Å²) in [5.41, 5.74) is 4.54. The molecular formula is C33H51ClO2. The normalized spacial score (nSPS) is 51.6. The summed E-state index contributed by atoms with van der Waals surface area (Å²) in [7, 11) is 0. The summed E-state index contributed by atoms with van der Waals surface area (Å²) in [4.78, 5) is 11.9. The maximum absolute atomic E-state index is 11.9. The number of hydrogen-bond acceptors (Lipinski definition) is 2. The van der Waals surface area contributed by atoms with Crippen molar-refractivity contribution >= 4 is 17.6 Å². The van der Waals surface area contributed by atoms with E-state index in [1.54, 1.807) is 6.92 Å². The summed E-state index contributed by atoms with van der Waals surface area (Å²) < 4.78 is 5.92. The minimum Gasteiger partial charge on any atom is -0.462 e. The molecule has 5 fully saturated rings. The Bertz CT molecular complexity index is 951. The van der Waals surface area contributed by atoms with Gasteiger partial charge >= 0.3 is 5.97 Å². The molecular weight excluding hydrogens is 464 g/mol. The fourth-order valence-corrected chi connectivity index (χ4v) is 12.2. The van der Waals surface area contributed by atoms with Crippen molar-refractivity contribution < 1.29 is 9.53 Å². The molecule has 0 heterocycles. The van der Waals surface area contributed by atoms with Gasteiger partial charge in [-0.05, 0) is 122 Å². The average Bonchev–Trinajstić information content (AvgIpc) is 3.16. The Morgan fingerprint density at radius 2 is 1.58 bits per heavy atom. The number of carbonyl (C=O) groups is 1. The Morgan fingerprint density at radius 3 is 2.22 bits per heavy atom. The van der Waals surface area contributed by atoms with E-state index in [2.05, 4.69) is 54.2 Å². The predicted molar refractivity (Wildman–Crippen MR) is 150 cm³/mol. The number of carbonyl (C=O) groups excluding carboxylic acids is 1. The number of rotatable bonds is 3. The van der Waals surface area contributed by atoms with Crippen molar-refractivity contribution in [3.05, 3.63) is 23.8 Å². The van der Waals surface area contributed by atoms with Crippen molar-refractivity contribution in [1.29, 1.82) is 0 Å². The van der Waals surface area contributed by atoms with Crippen LogP contribution < -0.4 is 0 Å². The van der Waals surface area contributed by atoms with Crippen LogP contribution in [0.25, 0.3) is 0 Å². The molecule has 0 aromatic heterocycles. The molecule has 0 N–H and O–H groups in total. The Hall–Kier alpha value is -0.760. The van der Waals surface area contributed by atoms with Crippen LogP contribution in [0.1, 0.15) is 113 Å². The zero-order chi connectivity index (χ0) is 26.3. The lowest BCUT2D eigenvalue weighted by molar-refractivity contribution is -0.247. The molecule has 36 heavy (non-hydrogen) atoms. The molecule has 5 rings (SSSR count). The van der Waals surface area contributed by atoms with Gasteiger partial charge in [0, 0.05) is 17.9 Å². The van der Waals surface area contributed by atoms with Crippen molar-refractivity contribution in [2.24, 2.45) is 56.7 Å². The molecule has 5 aliphatic rings. The number of ether oxygens (including phenoxy) is 1. The van der Waals surface area contributed by atoms with E-state index in [0.717, 1.165) is 18.3 Å². The van der Waals surface area contributed by atoms with Crippen LogP contribution in [0.15, 0.2) is 23.8 Å². The van der Waals surface area contributed by atoms with E-state index in [4.69, 9.17) is 16.3 Å². The smallest absolute Gasteiger partial charge is 0.302 e. The highest BCUT2D eigenvalue weighted by Gasteiger charge is 2.70. The largest absolute Gasteiger partial charge is 0.462 e. The second kappa shape index (κ2) is 8.62. The minimum atomic E-state index is -0.120. The van der Waals surface area contributed by atoms with Crippen LogP contribution in [0.3, 0.4) is 0 Å². The van der Waals surface area contributed by atoms with Crippen molar-refractivity contribution in [1.82, 2.24) is 0 Å². The van der Waals surface area contributed by atoms with Gasteiger partial charge in [-0.25, -0.2) is 0 Å². The Labute approximate surface area is 226 Å². The summed E-state index contributed by atoms with van der Waals surface area (Å²) in [6, 6.07) is 0. The van der Waals surface area contributed by atoms with E-state index in [9.17, 15) is 4.79 Å². The van der Waals surface area contributed by atoms with Gasteiger partial charge < -0.3 is 4.74 Å². The molecule has 0 amide bonds. The molecule has 0 spiro atoms.